The molecule has 8 nitrogen and oxygen atoms in total. The fourth-order valence-corrected chi connectivity index (χ4v) is 6.14. The molecule has 1 unspecified atom stereocenters. The summed E-state index contributed by atoms with van der Waals surface area (Å²) in [7, 11) is 0. The van der Waals surface area contributed by atoms with E-state index in [1.165, 1.54) is 0 Å². The molecule has 0 aromatic heterocycles. The standard InChI is InChI=1S/C18H35O8PS/c1-11(2)22-10-18(19)17(8-14(6)25-18)26-27(20,21)28-9-16-15(23-12(3)4)7-13(5)24-16/h11-17,19H,7-10H2,1-6H3,(H,20,21)/p-1/t13-,14-,15+,16+,17+,18+/m0/s1. The summed E-state index contributed by atoms with van der Waals surface area (Å²) in [5, 5.41) is 10.7. The molecule has 7 atom stereocenters. The van der Waals surface area contributed by atoms with Gasteiger partial charge in [0.1, 0.15) is 12.7 Å². The van der Waals surface area contributed by atoms with Gasteiger partial charge in [0, 0.05) is 18.6 Å². The van der Waals surface area contributed by atoms with Gasteiger partial charge in [0.2, 0.25) is 5.79 Å². The van der Waals surface area contributed by atoms with E-state index in [2.05, 4.69) is 0 Å². The molecule has 2 rings (SSSR count). The molecule has 0 aliphatic carbocycles. The quantitative estimate of drug-likeness (QED) is 0.512. The smallest absolute Gasteiger partial charge is 0.217 e. The highest BCUT2D eigenvalue weighted by Crippen LogP contribution is 2.55. The van der Waals surface area contributed by atoms with Crippen molar-refractivity contribution >= 4 is 18.2 Å². The predicted molar refractivity (Wildman–Crippen MR) is 105 cm³/mol. The lowest BCUT2D eigenvalue weighted by Crippen LogP contribution is -2.45. The molecule has 0 aromatic carbocycles. The van der Waals surface area contributed by atoms with Crippen LogP contribution in [0.1, 0.15) is 54.4 Å². The van der Waals surface area contributed by atoms with E-state index in [1.807, 2.05) is 34.6 Å². The fraction of sp³-hybridized carbons (Fsp3) is 1.00. The fourth-order valence-electron chi connectivity index (χ4n) is 3.41. The maximum Gasteiger partial charge on any atom is 0.217 e. The summed E-state index contributed by atoms with van der Waals surface area (Å²) in [5.41, 5.74) is 0. The van der Waals surface area contributed by atoms with Gasteiger partial charge in [0.15, 0.2) is 6.80 Å². The van der Waals surface area contributed by atoms with Crippen molar-refractivity contribution in [2.75, 3.05) is 12.4 Å². The Labute approximate surface area is 171 Å². The van der Waals surface area contributed by atoms with Gasteiger partial charge >= 0.3 is 0 Å². The van der Waals surface area contributed by atoms with Crippen molar-refractivity contribution in [2.24, 2.45) is 0 Å². The Morgan fingerprint density at radius 2 is 1.89 bits per heavy atom. The lowest BCUT2D eigenvalue weighted by molar-refractivity contribution is -0.261. The highest BCUT2D eigenvalue weighted by atomic mass is 32.7. The largest absolute Gasteiger partial charge is 0.770 e. The minimum atomic E-state index is -4.29. The van der Waals surface area contributed by atoms with E-state index in [1.54, 1.807) is 6.92 Å². The van der Waals surface area contributed by atoms with Crippen LogP contribution in [0, 0.1) is 0 Å². The maximum absolute atomic E-state index is 12.6. The molecule has 10 heteroatoms. The molecule has 28 heavy (non-hydrogen) atoms. The third-order valence-corrected chi connectivity index (χ3v) is 7.52. The Kier molecular flexibility index (Phi) is 8.84. The number of rotatable bonds is 10. The van der Waals surface area contributed by atoms with Gasteiger partial charge in [-0.3, -0.25) is 4.57 Å². The molecular formula is C18H34O8PS-. The Hall–Kier alpha value is 0.300. The molecule has 2 saturated heterocycles. The van der Waals surface area contributed by atoms with E-state index in [0.717, 1.165) is 6.42 Å². The summed E-state index contributed by atoms with van der Waals surface area (Å²) in [4.78, 5) is 12.6. The van der Waals surface area contributed by atoms with E-state index in [9.17, 15) is 14.6 Å². The normalized spacial score (nSPS) is 38.4. The van der Waals surface area contributed by atoms with E-state index < -0.39 is 18.7 Å². The van der Waals surface area contributed by atoms with Crippen LogP contribution in [-0.2, 0) is 28.0 Å². The van der Waals surface area contributed by atoms with Crippen LogP contribution in [-0.4, -0.2) is 66.0 Å². The first-order chi connectivity index (χ1) is 12.9. The van der Waals surface area contributed by atoms with Crippen LogP contribution in [0.15, 0.2) is 0 Å². The van der Waals surface area contributed by atoms with Crippen molar-refractivity contribution in [3.8, 4) is 0 Å². The number of hydrogen-bond acceptors (Lipinski definition) is 9. The zero-order valence-electron chi connectivity index (χ0n) is 17.5. The first kappa shape index (κ1) is 24.6. The lowest BCUT2D eigenvalue weighted by Gasteiger charge is -2.34. The maximum atomic E-state index is 12.6. The van der Waals surface area contributed by atoms with Gasteiger partial charge in [-0.05, 0) is 41.5 Å². The van der Waals surface area contributed by atoms with Crippen LogP contribution in [0.5, 0.6) is 0 Å². The molecule has 2 aliphatic heterocycles. The van der Waals surface area contributed by atoms with Crippen LogP contribution in [0.25, 0.3) is 0 Å². The van der Waals surface area contributed by atoms with Crippen LogP contribution in [0.4, 0.5) is 0 Å². The van der Waals surface area contributed by atoms with Crippen molar-refractivity contribution < 1.29 is 38.0 Å². The topological polar surface area (TPSA) is 107 Å². The SMILES string of the molecule is CC(C)OC[C@@]1(O)O[C@@H](C)C[C@H]1OP(=O)([O-])SC[C@H]1O[C@@H](C)C[C@H]1OC(C)C. The Morgan fingerprint density at radius 1 is 1.21 bits per heavy atom. The van der Waals surface area contributed by atoms with E-state index >= 15 is 0 Å². The average Bonchev–Trinajstić information content (AvgIpc) is 3.02. The molecule has 0 saturated carbocycles. The van der Waals surface area contributed by atoms with Crippen LogP contribution < -0.4 is 4.89 Å². The molecule has 2 heterocycles. The Bertz CT molecular complexity index is 548. The summed E-state index contributed by atoms with van der Waals surface area (Å²) in [6, 6.07) is 0. The predicted octanol–water partition coefficient (Wildman–Crippen LogP) is 2.47. The van der Waals surface area contributed by atoms with Gasteiger partial charge in [-0.15, -0.1) is 0 Å². The third kappa shape index (κ3) is 7.22. The minimum absolute atomic E-state index is 0.0173. The van der Waals surface area contributed by atoms with Crippen LogP contribution in [0.2, 0.25) is 0 Å². The molecule has 1 N–H and O–H groups in total. The van der Waals surface area contributed by atoms with Crippen molar-refractivity contribution in [3.05, 3.63) is 0 Å². The van der Waals surface area contributed by atoms with E-state index in [0.29, 0.717) is 11.4 Å². The van der Waals surface area contributed by atoms with Gasteiger partial charge in [0.25, 0.3) is 0 Å². The van der Waals surface area contributed by atoms with Crippen molar-refractivity contribution in [1.29, 1.82) is 0 Å². The van der Waals surface area contributed by atoms with Crippen molar-refractivity contribution in [3.63, 3.8) is 0 Å². The molecule has 2 fully saturated rings. The van der Waals surface area contributed by atoms with Gasteiger partial charge in [-0.25, -0.2) is 0 Å². The zero-order valence-corrected chi connectivity index (χ0v) is 19.2. The second-order valence-electron chi connectivity index (χ2n) is 8.15. The van der Waals surface area contributed by atoms with E-state index in [4.69, 9.17) is 23.5 Å². The summed E-state index contributed by atoms with van der Waals surface area (Å²) >= 11 is 0.687. The highest BCUT2D eigenvalue weighted by molar-refractivity contribution is 8.54. The number of ether oxygens (including phenoxy) is 4. The first-order valence-corrected chi connectivity index (χ1v) is 13.0. The van der Waals surface area contributed by atoms with Crippen LogP contribution in [0.3, 0.4) is 0 Å². The second-order valence-corrected chi connectivity index (χ2v) is 12.0. The molecule has 166 valence electrons. The summed E-state index contributed by atoms with van der Waals surface area (Å²) < 4.78 is 40.5. The van der Waals surface area contributed by atoms with E-state index in [-0.39, 0.29) is 55.4 Å². The van der Waals surface area contributed by atoms with Gasteiger partial charge < -0.3 is 33.5 Å². The van der Waals surface area contributed by atoms with Crippen LogP contribution >= 0.6 is 18.2 Å². The summed E-state index contributed by atoms with van der Waals surface area (Å²) in [5.74, 6) is -1.58. The van der Waals surface area contributed by atoms with Crippen molar-refractivity contribution in [2.45, 2.75) is 103 Å². The summed E-state index contributed by atoms with van der Waals surface area (Å²) in [6.45, 7) is 6.78. The number of aliphatic hydroxyl groups is 1. The van der Waals surface area contributed by atoms with Gasteiger partial charge in [-0.2, -0.15) is 0 Å². The zero-order chi connectivity index (χ0) is 21.1. The number of hydrogen-bond donors (Lipinski definition) is 1. The third-order valence-electron chi connectivity index (χ3n) is 4.56. The summed E-state index contributed by atoms with van der Waals surface area (Å²) in [6.07, 6.45) is -0.893. The van der Waals surface area contributed by atoms with Gasteiger partial charge in [-0.1, -0.05) is 11.4 Å². The van der Waals surface area contributed by atoms with Gasteiger partial charge in [0.05, 0.1) is 36.6 Å². The molecule has 0 spiro atoms. The van der Waals surface area contributed by atoms with Crippen molar-refractivity contribution in [1.82, 2.24) is 0 Å². The molecule has 0 bridgehead atoms. The molecule has 0 amide bonds. The second kappa shape index (κ2) is 10.1. The average molecular weight is 442 g/mol. The monoisotopic (exact) mass is 441 g/mol. The minimum Gasteiger partial charge on any atom is -0.770 e. The first-order valence-electron chi connectivity index (χ1n) is 9.87. The Morgan fingerprint density at radius 3 is 2.50 bits per heavy atom. The molecular weight excluding hydrogens is 407 g/mol. The molecule has 0 radical (unpaired) electrons. The lowest BCUT2D eigenvalue weighted by atomic mass is 10.1. The molecule has 2 aliphatic rings. The molecule has 0 aromatic rings. The highest BCUT2D eigenvalue weighted by Gasteiger charge is 2.49. The Balaban J connectivity index is 1.93.